The van der Waals surface area contributed by atoms with Gasteiger partial charge in [-0.15, -0.1) is 0 Å². The molecule has 4 amide bonds. The fourth-order valence-corrected chi connectivity index (χ4v) is 4.22. The van der Waals surface area contributed by atoms with Crippen LogP contribution in [-0.4, -0.2) is 53.9 Å². The smallest absolute Gasteiger partial charge is 0.262 e. The quantitative estimate of drug-likeness (QED) is 0.612. The molecule has 4 rings (SSSR count). The number of carbonyl (C=O) groups is 5. The Kier molecular flexibility index (Phi) is 4.70. The minimum atomic E-state index is -0.951. The van der Waals surface area contributed by atoms with Gasteiger partial charge in [-0.3, -0.25) is 29.4 Å². The van der Waals surface area contributed by atoms with Gasteiger partial charge in [0.1, 0.15) is 12.3 Å². The molecule has 1 N–H and O–H groups in total. The van der Waals surface area contributed by atoms with E-state index >= 15 is 0 Å². The summed E-state index contributed by atoms with van der Waals surface area (Å²) in [6, 6.07) is 4.21. The Hall–Kier alpha value is -3.03. The predicted octanol–water partition coefficient (Wildman–Crippen LogP) is 0.893. The Morgan fingerprint density at radius 2 is 1.71 bits per heavy atom. The topological polar surface area (TPSA) is 104 Å². The molecule has 0 aromatic heterocycles. The van der Waals surface area contributed by atoms with Crippen LogP contribution in [0.2, 0.25) is 0 Å². The largest absolute Gasteiger partial charge is 0.371 e. The summed E-state index contributed by atoms with van der Waals surface area (Å²) in [4.78, 5) is 62.9. The van der Waals surface area contributed by atoms with E-state index in [2.05, 4.69) is 10.2 Å². The van der Waals surface area contributed by atoms with E-state index in [1.807, 2.05) is 6.07 Å². The summed E-state index contributed by atoms with van der Waals surface area (Å²) in [6.07, 6.45) is 3.60. The van der Waals surface area contributed by atoms with Crippen LogP contribution >= 0.6 is 0 Å². The zero-order chi connectivity index (χ0) is 19.8. The molecule has 28 heavy (non-hydrogen) atoms. The van der Waals surface area contributed by atoms with Crippen molar-refractivity contribution < 1.29 is 24.0 Å². The summed E-state index contributed by atoms with van der Waals surface area (Å²) < 4.78 is 0. The molecule has 1 unspecified atom stereocenters. The molecule has 2 fully saturated rings. The van der Waals surface area contributed by atoms with Gasteiger partial charge in [0.2, 0.25) is 11.8 Å². The van der Waals surface area contributed by atoms with Crippen molar-refractivity contribution in [1.29, 1.82) is 0 Å². The minimum absolute atomic E-state index is 0.102. The van der Waals surface area contributed by atoms with Crippen molar-refractivity contribution in [3.05, 3.63) is 29.3 Å². The first-order chi connectivity index (χ1) is 13.5. The van der Waals surface area contributed by atoms with Crippen molar-refractivity contribution in [2.24, 2.45) is 5.92 Å². The molecule has 1 aromatic rings. The number of amides is 4. The van der Waals surface area contributed by atoms with Gasteiger partial charge < -0.3 is 9.69 Å². The zero-order valence-electron chi connectivity index (χ0n) is 15.3. The van der Waals surface area contributed by atoms with Gasteiger partial charge in [0.15, 0.2) is 0 Å². The summed E-state index contributed by atoms with van der Waals surface area (Å²) in [5.74, 6) is -1.59. The average Bonchev–Trinajstić information content (AvgIpc) is 2.93. The van der Waals surface area contributed by atoms with Gasteiger partial charge in [-0.25, -0.2) is 0 Å². The fraction of sp³-hybridized carbons (Fsp3) is 0.450. The number of hydrogen-bond acceptors (Lipinski definition) is 6. The van der Waals surface area contributed by atoms with Crippen molar-refractivity contribution >= 4 is 35.6 Å². The Labute approximate surface area is 161 Å². The molecule has 2 saturated heterocycles. The first kappa shape index (κ1) is 18.3. The minimum Gasteiger partial charge on any atom is -0.371 e. The number of anilines is 1. The van der Waals surface area contributed by atoms with Crippen LogP contribution in [0.3, 0.4) is 0 Å². The van der Waals surface area contributed by atoms with Gasteiger partial charge in [-0.05, 0) is 43.4 Å². The molecule has 1 aromatic carbocycles. The van der Waals surface area contributed by atoms with Crippen LogP contribution in [-0.2, 0) is 14.4 Å². The number of piperidine rings is 2. The lowest BCUT2D eigenvalue weighted by Gasteiger charge is -2.33. The van der Waals surface area contributed by atoms with Gasteiger partial charge in [-0.2, -0.15) is 0 Å². The number of aldehydes is 1. The number of benzene rings is 1. The molecular formula is C20H21N3O5. The van der Waals surface area contributed by atoms with Crippen LogP contribution in [0.5, 0.6) is 0 Å². The number of fused-ring (bicyclic) bond motifs is 1. The lowest BCUT2D eigenvalue weighted by Crippen LogP contribution is -2.54. The third kappa shape index (κ3) is 3.08. The highest BCUT2D eigenvalue weighted by molar-refractivity contribution is 6.23. The number of rotatable bonds is 4. The van der Waals surface area contributed by atoms with Gasteiger partial charge in [0.25, 0.3) is 11.8 Å². The maximum absolute atomic E-state index is 12.9. The Morgan fingerprint density at radius 1 is 1.00 bits per heavy atom. The van der Waals surface area contributed by atoms with Gasteiger partial charge in [0, 0.05) is 31.6 Å². The molecule has 3 heterocycles. The molecule has 0 radical (unpaired) electrons. The number of hydrogen-bond donors (Lipinski definition) is 1. The maximum Gasteiger partial charge on any atom is 0.262 e. The van der Waals surface area contributed by atoms with Gasteiger partial charge in [0.05, 0.1) is 11.1 Å². The van der Waals surface area contributed by atoms with Crippen molar-refractivity contribution in [3.63, 3.8) is 0 Å². The molecule has 0 bridgehead atoms. The number of nitrogens with zero attached hydrogens (tertiary/aromatic N) is 2. The number of carbonyl (C=O) groups excluding carboxylic acids is 5. The standard InChI is InChI=1S/C20H21N3O5/c24-10-7-12-5-8-22(9-6-12)13-1-2-14-15(11-13)20(28)23(19(14)27)16-3-4-17(25)21-18(16)26/h1-2,10-12,16H,3-9H2,(H,21,25,26). The number of nitrogens with one attached hydrogen (secondary N) is 1. The maximum atomic E-state index is 12.9. The summed E-state index contributed by atoms with van der Waals surface area (Å²) in [5, 5.41) is 2.19. The summed E-state index contributed by atoms with van der Waals surface area (Å²) in [7, 11) is 0. The second kappa shape index (κ2) is 7.18. The van der Waals surface area contributed by atoms with E-state index in [9.17, 15) is 24.0 Å². The van der Waals surface area contributed by atoms with Crippen LogP contribution in [0.4, 0.5) is 5.69 Å². The Bertz CT molecular complexity index is 873. The van der Waals surface area contributed by atoms with Crippen LogP contribution in [0.1, 0.15) is 52.8 Å². The van der Waals surface area contributed by atoms with Crippen LogP contribution in [0.25, 0.3) is 0 Å². The van der Waals surface area contributed by atoms with E-state index in [0.29, 0.717) is 17.9 Å². The van der Waals surface area contributed by atoms with Gasteiger partial charge >= 0.3 is 0 Å². The Balaban J connectivity index is 1.54. The highest BCUT2D eigenvalue weighted by atomic mass is 16.2. The molecule has 146 valence electrons. The molecule has 3 aliphatic rings. The van der Waals surface area contributed by atoms with Crippen LogP contribution in [0.15, 0.2) is 18.2 Å². The summed E-state index contributed by atoms with van der Waals surface area (Å²) in [5.41, 5.74) is 1.44. The van der Waals surface area contributed by atoms with Crippen LogP contribution in [0, 0.1) is 5.92 Å². The molecule has 8 nitrogen and oxygen atoms in total. The molecular weight excluding hydrogens is 362 g/mol. The normalized spacial score (nSPS) is 23.1. The lowest BCUT2D eigenvalue weighted by atomic mass is 9.93. The summed E-state index contributed by atoms with van der Waals surface area (Å²) >= 11 is 0. The fourth-order valence-electron chi connectivity index (χ4n) is 4.22. The number of imide groups is 2. The molecule has 8 heteroatoms. The molecule has 1 atom stereocenters. The molecule has 0 spiro atoms. The van der Waals surface area contributed by atoms with E-state index in [4.69, 9.17) is 0 Å². The van der Waals surface area contributed by atoms with E-state index < -0.39 is 29.7 Å². The third-order valence-electron chi connectivity index (χ3n) is 5.83. The summed E-state index contributed by atoms with van der Waals surface area (Å²) in [6.45, 7) is 1.58. The monoisotopic (exact) mass is 383 g/mol. The van der Waals surface area contributed by atoms with Crippen molar-refractivity contribution in [1.82, 2.24) is 10.2 Å². The van der Waals surface area contributed by atoms with Crippen molar-refractivity contribution in [2.45, 2.75) is 38.1 Å². The predicted molar refractivity (Wildman–Crippen MR) is 98.7 cm³/mol. The molecule has 0 aliphatic carbocycles. The lowest BCUT2D eigenvalue weighted by molar-refractivity contribution is -0.136. The van der Waals surface area contributed by atoms with E-state index in [1.165, 1.54) is 0 Å². The van der Waals surface area contributed by atoms with E-state index in [0.717, 1.165) is 42.8 Å². The third-order valence-corrected chi connectivity index (χ3v) is 5.83. The SMILES string of the molecule is O=CCC1CCN(c2ccc3c(c2)C(=O)N(C2CCC(=O)NC2=O)C3=O)CC1. The molecule has 0 saturated carbocycles. The van der Waals surface area contributed by atoms with E-state index in [1.54, 1.807) is 12.1 Å². The second-order valence-electron chi connectivity index (χ2n) is 7.51. The zero-order valence-corrected chi connectivity index (χ0v) is 15.3. The molecule has 3 aliphatic heterocycles. The second-order valence-corrected chi connectivity index (χ2v) is 7.51. The van der Waals surface area contributed by atoms with Crippen LogP contribution < -0.4 is 10.2 Å². The van der Waals surface area contributed by atoms with E-state index in [-0.39, 0.29) is 18.4 Å². The average molecular weight is 383 g/mol. The Morgan fingerprint density at radius 3 is 2.39 bits per heavy atom. The first-order valence-corrected chi connectivity index (χ1v) is 9.54. The first-order valence-electron chi connectivity index (χ1n) is 9.54. The highest BCUT2D eigenvalue weighted by Crippen LogP contribution is 2.32. The van der Waals surface area contributed by atoms with Gasteiger partial charge in [-0.1, -0.05) is 0 Å². The van der Waals surface area contributed by atoms with Crippen molar-refractivity contribution in [2.75, 3.05) is 18.0 Å². The highest BCUT2D eigenvalue weighted by Gasteiger charge is 2.44. The van der Waals surface area contributed by atoms with Crippen molar-refractivity contribution in [3.8, 4) is 0 Å².